The van der Waals surface area contributed by atoms with Crippen molar-refractivity contribution < 1.29 is 9.90 Å². The monoisotopic (exact) mass is 88.0 g/mol. The van der Waals surface area contributed by atoms with Gasteiger partial charge >= 0.3 is 5.97 Å². The average molecular weight is 88.1 g/mol. The zero-order valence-corrected chi connectivity index (χ0v) is 3.47. The van der Waals surface area contributed by atoms with E-state index < -0.39 is 12.0 Å². The third kappa shape index (κ3) is 1.72. The number of hydrogen-bond donors (Lipinski definition) is 1. The summed E-state index contributed by atoms with van der Waals surface area (Å²) in [6, 6.07) is -0.843. The van der Waals surface area contributed by atoms with Gasteiger partial charge in [0.05, 0.1) is 0 Å². The molecule has 0 heterocycles. The molecule has 3 heteroatoms. The van der Waals surface area contributed by atoms with Gasteiger partial charge in [-0.1, -0.05) is 0 Å². The van der Waals surface area contributed by atoms with Gasteiger partial charge in [-0.05, 0) is 6.92 Å². The molecule has 0 spiro atoms. The minimum atomic E-state index is -1.21. The van der Waals surface area contributed by atoms with Crippen LogP contribution in [0.15, 0.2) is 0 Å². The molecule has 0 fully saturated rings. The largest absolute Gasteiger partial charge is 0.371 e. The van der Waals surface area contributed by atoms with Crippen molar-refractivity contribution in [1.29, 1.82) is 0 Å². The van der Waals surface area contributed by atoms with E-state index in [-0.39, 0.29) is 0 Å². The number of carbonyl (C=O) groups excluding carboxylic acids is 1. The number of nitrogens with two attached hydrogens (primary N) is 1. The van der Waals surface area contributed by atoms with Crippen LogP contribution >= 0.6 is 0 Å². The van der Waals surface area contributed by atoms with Gasteiger partial charge in [-0.3, -0.25) is 0 Å². The summed E-state index contributed by atoms with van der Waals surface area (Å²) in [6.45, 7) is 1.36. The van der Waals surface area contributed by atoms with Gasteiger partial charge in [-0.15, -0.1) is 0 Å². The highest BCUT2D eigenvalue weighted by Crippen LogP contribution is 1.69. The average Bonchev–Trinajstić information content (AvgIpc) is 1.36. The minimum absolute atomic E-state index is 0.843. The molecule has 0 unspecified atom stereocenters. The van der Waals surface area contributed by atoms with Gasteiger partial charge in [0.2, 0.25) is 0 Å². The zero-order chi connectivity index (χ0) is 5.15. The molecule has 0 aromatic carbocycles. The quantitative estimate of drug-likeness (QED) is 0.460. The first-order valence-corrected chi connectivity index (χ1v) is 1.61. The predicted molar refractivity (Wildman–Crippen MR) is 19.3 cm³/mol. The smallest absolute Gasteiger partial charge is 0.319 e. The van der Waals surface area contributed by atoms with Crippen LogP contribution in [0.3, 0.4) is 0 Å². The Bertz CT molecular complexity index is 59.8. The number of rotatable bonds is 1. The standard InChI is InChI=1S/C3H6NO2/c1-2(4)3(5)6/h2H,4H2,1H3/t2-/m0/s1. The third-order valence-electron chi connectivity index (χ3n) is 0.372. The molecule has 1 atom stereocenters. The molecule has 0 aromatic heterocycles. The fourth-order valence-electron chi connectivity index (χ4n) is 0. The van der Waals surface area contributed by atoms with Gasteiger partial charge in [-0.25, -0.2) is 9.90 Å². The summed E-state index contributed by atoms with van der Waals surface area (Å²) in [5, 5.41) is 9.46. The first-order chi connectivity index (χ1) is 2.64. The summed E-state index contributed by atoms with van der Waals surface area (Å²) in [6.07, 6.45) is 0. The Morgan fingerprint density at radius 1 is 1.83 bits per heavy atom. The summed E-state index contributed by atoms with van der Waals surface area (Å²) in [5.74, 6) is -1.21. The highest BCUT2D eigenvalue weighted by atomic mass is 16.4. The number of carbonyl (C=O) groups is 1. The van der Waals surface area contributed by atoms with Gasteiger partial charge in [-0.2, -0.15) is 0 Å². The molecule has 3 nitrogen and oxygen atoms in total. The van der Waals surface area contributed by atoms with E-state index in [4.69, 9.17) is 5.73 Å². The predicted octanol–water partition coefficient (Wildman–Crippen LogP) is -0.709. The van der Waals surface area contributed by atoms with E-state index in [9.17, 15) is 9.90 Å². The van der Waals surface area contributed by atoms with E-state index in [1.54, 1.807) is 0 Å². The molecular weight excluding hydrogens is 82.0 g/mol. The Morgan fingerprint density at radius 2 is 2.00 bits per heavy atom. The van der Waals surface area contributed by atoms with E-state index >= 15 is 0 Å². The van der Waals surface area contributed by atoms with Crippen LogP contribution in [0, 0.1) is 0 Å². The molecule has 0 aliphatic carbocycles. The second-order valence-corrected chi connectivity index (χ2v) is 1.11. The highest BCUT2D eigenvalue weighted by molar-refractivity contribution is 5.71. The Morgan fingerprint density at radius 3 is 2.00 bits per heavy atom. The first-order valence-electron chi connectivity index (χ1n) is 1.61. The molecule has 6 heavy (non-hydrogen) atoms. The van der Waals surface area contributed by atoms with E-state index in [0.717, 1.165) is 0 Å². The maximum Gasteiger partial charge on any atom is 0.371 e. The molecule has 0 saturated carbocycles. The third-order valence-corrected chi connectivity index (χ3v) is 0.372. The summed E-state index contributed by atoms with van der Waals surface area (Å²) in [4.78, 5) is 9.46. The SMILES string of the molecule is C[C@H](N)C([O])=O. The van der Waals surface area contributed by atoms with Crippen molar-refractivity contribution in [3.8, 4) is 0 Å². The fraction of sp³-hybridized carbons (Fsp3) is 0.667. The van der Waals surface area contributed by atoms with Gasteiger partial charge in [0.25, 0.3) is 0 Å². The summed E-state index contributed by atoms with van der Waals surface area (Å²) >= 11 is 0. The van der Waals surface area contributed by atoms with Crippen LogP contribution in [0.1, 0.15) is 6.92 Å². The summed E-state index contributed by atoms with van der Waals surface area (Å²) in [5.41, 5.74) is 4.77. The highest BCUT2D eigenvalue weighted by Gasteiger charge is 2.03. The van der Waals surface area contributed by atoms with Crippen LogP contribution in [0.25, 0.3) is 0 Å². The zero-order valence-electron chi connectivity index (χ0n) is 3.47. The second-order valence-electron chi connectivity index (χ2n) is 1.11. The Balaban J connectivity index is 3.26. The second kappa shape index (κ2) is 1.77. The molecule has 0 aliphatic rings. The van der Waals surface area contributed by atoms with Gasteiger partial charge in [0.1, 0.15) is 6.04 Å². The normalized spacial score (nSPS) is 13.7. The molecule has 0 amide bonds. The lowest BCUT2D eigenvalue weighted by molar-refractivity contribution is -0.144. The van der Waals surface area contributed by atoms with Crippen molar-refractivity contribution in [3.05, 3.63) is 0 Å². The van der Waals surface area contributed by atoms with Gasteiger partial charge in [0.15, 0.2) is 0 Å². The van der Waals surface area contributed by atoms with Gasteiger partial charge in [0, 0.05) is 0 Å². The lowest BCUT2D eigenvalue weighted by Crippen LogP contribution is -2.24. The maximum atomic E-state index is 9.46. The van der Waals surface area contributed by atoms with Crippen LogP contribution in [0.4, 0.5) is 0 Å². The topological polar surface area (TPSA) is 63.0 Å². The molecule has 0 bridgehead atoms. The van der Waals surface area contributed by atoms with E-state index in [2.05, 4.69) is 0 Å². The van der Waals surface area contributed by atoms with Crippen molar-refractivity contribution in [2.45, 2.75) is 13.0 Å². The van der Waals surface area contributed by atoms with E-state index in [0.29, 0.717) is 0 Å². The van der Waals surface area contributed by atoms with Crippen molar-refractivity contribution >= 4 is 5.97 Å². The molecule has 1 radical (unpaired) electrons. The molecule has 0 rings (SSSR count). The summed E-state index contributed by atoms with van der Waals surface area (Å²) in [7, 11) is 0. The lowest BCUT2D eigenvalue weighted by atomic mass is 10.4. The molecule has 0 saturated heterocycles. The van der Waals surface area contributed by atoms with Crippen molar-refractivity contribution in [1.82, 2.24) is 0 Å². The van der Waals surface area contributed by atoms with Crippen molar-refractivity contribution in [2.24, 2.45) is 5.73 Å². The number of hydrogen-bond acceptors (Lipinski definition) is 2. The maximum absolute atomic E-state index is 9.46. The Hall–Kier alpha value is -0.570. The molecule has 35 valence electrons. The summed E-state index contributed by atoms with van der Waals surface area (Å²) < 4.78 is 0. The van der Waals surface area contributed by atoms with Crippen LogP contribution < -0.4 is 5.73 Å². The van der Waals surface area contributed by atoms with Crippen molar-refractivity contribution in [3.63, 3.8) is 0 Å². The Labute approximate surface area is 35.8 Å². The molecular formula is C3H6NO2. The van der Waals surface area contributed by atoms with Crippen LogP contribution in [0.5, 0.6) is 0 Å². The fourth-order valence-corrected chi connectivity index (χ4v) is 0. The van der Waals surface area contributed by atoms with Crippen LogP contribution in [-0.4, -0.2) is 12.0 Å². The van der Waals surface area contributed by atoms with Gasteiger partial charge < -0.3 is 5.73 Å². The first kappa shape index (κ1) is 5.43. The van der Waals surface area contributed by atoms with E-state index in [1.165, 1.54) is 6.92 Å². The molecule has 0 aromatic rings. The van der Waals surface area contributed by atoms with E-state index in [1.807, 2.05) is 0 Å². The minimum Gasteiger partial charge on any atom is -0.319 e. The van der Waals surface area contributed by atoms with Crippen molar-refractivity contribution in [2.75, 3.05) is 0 Å². The molecule has 2 N–H and O–H groups in total. The van der Waals surface area contributed by atoms with Crippen LogP contribution in [-0.2, 0) is 9.90 Å². The lowest BCUT2D eigenvalue weighted by Gasteiger charge is -1.86. The van der Waals surface area contributed by atoms with Crippen LogP contribution in [0.2, 0.25) is 0 Å². The Kier molecular flexibility index (Phi) is 1.60. The molecule has 0 aliphatic heterocycles.